The monoisotopic (exact) mass is 881 g/mol. The fraction of sp³-hybridized carbons (Fsp3) is 0.356. The van der Waals surface area contributed by atoms with Gasteiger partial charge in [0.2, 0.25) is 5.91 Å². The summed E-state index contributed by atoms with van der Waals surface area (Å²) in [6, 6.07) is 19.4. The van der Waals surface area contributed by atoms with Gasteiger partial charge in [0.15, 0.2) is 0 Å². The van der Waals surface area contributed by atoms with Crippen LogP contribution in [0.5, 0.6) is 11.5 Å². The molecule has 3 aromatic carbocycles. The van der Waals surface area contributed by atoms with Crippen molar-refractivity contribution < 1.29 is 32.4 Å². The molecular formula is C45H48ClN7O8S. The summed E-state index contributed by atoms with van der Waals surface area (Å²) >= 11 is 6.22. The van der Waals surface area contributed by atoms with Crippen LogP contribution < -0.4 is 19.7 Å². The number of carbonyl (C=O) groups excluding carboxylic acids is 2. The highest BCUT2D eigenvalue weighted by atomic mass is 35.5. The number of pyridine rings is 1. The molecule has 4 heterocycles. The largest absolute Gasteiger partial charge is 0.455 e. The number of ether oxygens (including phenoxy) is 2. The molecule has 62 heavy (non-hydrogen) atoms. The number of nitro groups is 1. The number of piperazine rings is 1. The molecule has 2 saturated heterocycles. The van der Waals surface area contributed by atoms with Crippen molar-refractivity contribution in [1.29, 1.82) is 0 Å². The predicted octanol–water partition coefficient (Wildman–Crippen LogP) is 8.19. The van der Waals surface area contributed by atoms with Gasteiger partial charge in [-0.1, -0.05) is 43.2 Å². The first kappa shape index (κ1) is 42.9. The molecule has 8 rings (SSSR count). The minimum Gasteiger partial charge on any atom is -0.455 e. The number of rotatable bonds is 13. The minimum atomic E-state index is -4.61. The molecule has 0 radical (unpaired) electrons. The van der Waals surface area contributed by atoms with E-state index in [1.165, 1.54) is 41.6 Å². The second kappa shape index (κ2) is 17.9. The first-order valence-electron chi connectivity index (χ1n) is 20.6. The van der Waals surface area contributed by atoms with E-state index in [1.807, 2.05) is 12.1 Å². The van der Waals surface area contributed by atoms with Gasteiger partial charge in [0.05, 0.1) is 28.1 Å². The second-order valence-electron chi connectivity index (χ2n) is 16.9. The number of carbonyl (C=O) groups is 2. The van der Waals surface area contributed by atoms with E-state index in [2.05, 4.69) is 50.9 Å². The molecule has 0 saturated carbocycles. The summed E-state index contributed by atoms with van der Waals surface area (Å²) in [4.78, 5) is 49.9. The van der Waals surface area contributed by atoms with Gasteiger partial charge in [0, 0.05) is 73.8 Å². The van der Waals surface area contributed by atoms with Crippen molar-refractivity contribution in [3.8, 4) is 11.5 Å². The molecule has 2 fully saturated rings. The van der Waals surface area contributed by atoms with E-state index >= 15 is 0 Å². The quantitative estimate of drug-likeness (QED) is 0.0764. The third kappa shape index (κ3) is 9.78. The van der Waals surface area contributed by atoms with Gasteiger partial charge >= 0.3 is 0 Å². The number of nitro benzene ring substituents is 1. The number of benzene rings is 3. The molecule has 2 amide bonds. The van der Waals surface area contributed by atoms with Gasteiger partial charge in [-0.25, -0.2) is 18.1 Å². The zero-order valence-corrected chi connectivity index (χ0v) is 36.1. The molecule has 2 aromatic heterocycles. The maximum atomic E-state index is 13.9. The van der Waals surface area contributed by atoms with Gasteiger partial charge in [-0.15, -0.1) is 0 Å². The summed E-state index contributed by atoms with van der Waals surface area (Å²) in [6.07, 6.45) is 7.70. The van der Waals surface area contributed by atoms with E-state index in [4.69, 9.17) is 21.1 Å². The molecular weight excluding hydrogens is 834 g/mol. The topological polar surface area (TPSA) is 189 Å². The van der Waals surface area contributed by atoms with Crippen LogP contribution in [0.1, 0.15) is 61.9 Å². The Morgan fingerprint density at radius 2 is 1.85 bits per heavy atom. The predicted molar refractivity (Wildman–Crippen MR) is 237 cm³/mol. The highest BCUT2D eigenvalue weighted by Crippen LogP contribution is 2.43. The first-order chi connectivity index (χ1) is 29.7. The fourth-order valence-corrected chi connectivity index (χ4v) is 9.45. The lowest BCUT2D eigenvalue weighted by Crippen LogP contribution is -2.51. The average molecular weight is 882 g/mol. The molecule has 0 unspecified atom stereocenters. The third-order valence-corrected chi connectivity index (χ3v) is 13.4. The second-order valence-corrected chi connectivity index (χ2v) is 19.0. The number of amides is 2. The Kier molecular flexibility index (Phi) is 12.4. The highest BCUT2D eigenvalue weighted by molar-refractivity contribution is 7.90. The Balaban J connectivity index is 1.02. The minimum absolute atomic E-state index is 0.0247. The van der Waals surface area contributed by atoms with Crippen molar-refractivity contribution >= 4 is 67.1 Å². The number of halogens is 1. The van der Waals surface area contributed by atoms with Crippen molar-refractivity contribution in [2.24, 2.45) is 11.3 Å². The standard InChI is InChI=1S/C45H48ClN7O8S/c1-45(2)15-11-32(38(24-45)30-3-5-33(46)6-4-30)27-51-17-18-52(42(54)28-51)34-7-9-37(41(22-34)61-35-21-31-12-16-47-43(31)49-26-35)44(55)50-62(58,59)36-8-10-39(40(23-36)53(56)57)48-25-29-13-19-60-20-14-29/h3-10,12,16,21-23,26,29,48H,11,13-15,17-20,24-25,27-28H2,1-2H3,(H,47,49)(H,50,55). The molecule has 2 aliphatic heterocycles. The molecule has 3 N–H and O–H groups in total. The number of H-pyrrole nitrogens is 1. The molecule has 1 aliphatic carbocycles. The number of fused-ring (bicyclic) bond motifs is 1. The summed E-state index contributed by atoms with van der Waals surface area (Å²) < 4.78 is 41.0. The van der Waals surface area contributed by atoms with Crippen molar-refractivity contribution in [3.05, 3.63) is 117 Å². The average Bonchev–Trinajstić information content (AvgIpc) is 3.72. The Morgan fingerprint density at radius 3 is 2.61 bits per heavy atom. The van der Waals surface area contributed by atoms with Crippen LogP contribution in [0.2, 0.25) is 5.02 Å². The van der Waals surface area contributed by atoms with Crippen molar-refractivity contribution in [2.45, 2.75) is 50.8 Å². The van der Waals surface area contributed by atoms with Crippen LogP contribution >= 0.6 is 11.6 Å². The van der Waals surface area contributed by atoms with Gasteiger partial charge in [-0.05, 0) is 103 Å². The van der Waals surface area contributed by atoms with Crippen LogP contribution in [0.4, 0.5) is 17.1 Å². The SMILES string of the molecule is CC1(C)CCC(CN2CCN(c3ccc(C(=O)NS(=O)(=O)c4ccc(NCC5CCOCC5)c([N+](=O)[O-])c4)c(Oc4cnc5[nH]ccc5c4)c3)C(=O)C2)=C(c2ccc(Cl)cc2)C1. The maximum Gasteiger partial charge on any atom is 0.293 e. The number of aromatic amines is 1. The van der Waals surface area contributed by atoms with Crippen LogP contribution in [-0.2, 0) is 19.6 Å². The van der Waals surface area contributed by atoms with Crippen LogP contribution in [0.25, 0.3) is 16.6 Å². The molecule has 17 heteroatoms. The van der Waals surface area contributed by atoms with Crippen molar-refractivity contribution in [1.82, 2.24) is 19.6 Å². The number of anilines is 2. The molecule has 3 aliphatic rings. The first-order valence-corrected chi connectivity index (χ1v) is 22.5. The lowest BCUT2D eigenvalue weighted by atomic mass is 9.72. The zero-order valence-electron chi connectivity index (χ0n) is 34.5. The van der Waals surface area contributed by atoms with Gasteiger partial charge in [0.25, 0.3) is 21.6 Å². The summed E-state index contributed by atoms with van der Waals surface area (Å²) in [5.41, 5.74) is 4.55. The zero-order chi connectivity index (χ0) is 43.6. The number of hydrogen-bond acceptors (Lipinski definition) is 11. The van der Waals surface area contributed by atoms with Crippen LogP contribution in [0, 0.1) is 21.4 Å². The molecule has 0 spiro atoms. The lowest BCUT2D eigenvalue weighted by molar-refractivity contribution is -0.384. The Labute approximate surface area is 364 Å². The Bertz CT molecular complexity index is 2660. The van der Waals surface area contributed by atoms with E-state index in [1.54, 1.807) is 29.3 Å². The normalized spacial score (nSPS) is 17.6. The molecule has 0 bridgehead atoms. The van der Waals surface area contributed by atoms with E-state index < -0.39 is 31.4 Å². The van der Waals surface area contributed by atoms with E-state index in [-0.39, 0.29) is 46.5 Å². The van der Waals surface area contributed by atoms with E-state index in [0.29, 0.717) is 55.7 Å². The fourth-order valence-electron chi connectivity index (χ4n) is 8.34. The smallest absolute Gasteiger partial charge is 0.293 e. The molecule has 0 atom stereocenters. The summed E-state index contributed by atoms with van der Waals surface area (Å²) in [5, 5.41) is 16.6. The highest BCUT2D eigenvalue weighted by Gasteiger charge is 2.32. The Morgan fingerprint density at radius 1 is 1.06 bits per heavy atom. The summed E-state index contributed by atoms with van der Waals surface area (Å²) in [6.45, 7) is 8.02. The van der Waals surface area contributed by atoms with E-state index in [9.17, 15) is 28.1 Å². The number of sulfonamides is 1. The molecule has 15 nitrogen and oxygen atoms in total. The number of hydrogen-bond donors (Lipinski definition) is 3. The van der Waals surface area contributed by atoms with Gasteiger partial charge in [-0.3, -0.25) is 24.6 Å². The summed E-state index contributed by atoms with van der Waals surface area (Å²) in [5.74, 6) is -0.688. The van der Waals surface area contributed by atoms with Gasteiger partial charge < -0.3 is 24.7 Å². The molecule has 5 aromatic rings. The molecule has 324 valence electrons. The Hall–Kier alpha value is -5.81. The number of nitrogens with zero attached hydrogens (tertiary/aromatic N) is 4. The van der Waals surface area contributed by atoms with Gasteiger partial charge in [0.1, 0.15) is 22.8 Å². The van der Waals surface area contributed by atoms with Crippen LogP contribution in [0.15, 0.2) is 95.7 Å². The van der Waals surface area contributed by atoms with Gasteiger partial charge in [-0.2, -0.15) is 0 Å². The number of aromatic nitrogens is 2. The van der Waals surface area contributed by atoms with Crippen molar-refractivity contribution in [3.63, 3.8) is 0 Å². The van der Waals surface area contributed by atoms with Crippen LogP contribution in [-0.4, -0.2) is 86.0 Å². The number of allylic oxidation sites excluding steroid dienone is 1. The lowest BCUT2D eigenvalue weighted by Gasteiger charge is -2.38. The third-order valence-electron chi connectivity index (χ3n) is 11.8. The maximum absolute atomic E-state index is 13.9. The number of nitrogens with one attached hydrogen (secondary N) is 3. The van der Waals surface area contributed by atoms with Crippen molar-refractivity contribution in [2.75, 3.05) is 56.2 Å². The van der Waals surface area contributed by atoms with Crippen LogP contribution in [0.3, 0.4) is 0 Å². The van der Waals surface area contributed by atoms with E-state index in [0.717, 1.165) is 49.1 Å². The summed E-state index contributed by atoms with van der Waals surface area (Å²) in [7, 11) is -4.61.